The number of hydrogen-bond acceptors (Lipinski definition) is 7. The number of ether oxygens (including phenoxy) is 2. The molecular formula is C30H51BN2O6. The van der Waals surface area contributed by atoms with E-state index in [1.807, 2.05) is 51.1 Å². The molecule has 1 unspecified atom stereocenters. The van der Waals surface area contributed by atoms with Crippen molar-refractivity contribution in [2.75, 3.05) is 19.6 Å². The summed E-state index contributed by atoms with van der Waals surface area (Å²) in [6.45, 7) is 17.7. The molecule has 9 heteroatoms. The number of piperidine rings is 1. The number of esters is 1. The number of carbonyl (C=O) groups excluding carboxylic acids is 2. The molecule has 1 atom stereocenters. The zero-order chi connectivity index (χ0) is 29.1. The van der Waals surface area contributed by atoms with E-state index >= 15 is 0 Å². The second-order valence-electron chi connectivity index (χ2n) is 12.7. The van der Waals surface area contributed by atoms with Crippen LogP contribution >= 0.6 is 0 Å². The molecule has 0 radical (unpaired) electrons. The van der Waals surface area contributed by atoms with Gasteiger partial charge in [-0.05, 0) is 98.6 Å². The summed E-state index contributed by atoms with van der Waals surface area (Å²) in [6, 6.07) is 9.37. The number of rotatable bonds is 10. The summed E-state index contributed by atoms with van der Waals surface area (Å²) < 4.78 is 22.4. The molecular weight excluding hydrogens is 495 g/mol. The van der Waals surface area contributed by atoms with Gasteiger partial charge in [0.15, 0.2) is 0 Å². The molecule has 1 aromatic carbocycles. The minimum absolute atomic E-state index is 0.0786. The lowest BCUT2D eigenvalue weighted by atomic mass is 9.80. The Morgan fingerprint density at radius 2 is 1.62 bits per heavy atom. The van der Waals surface area contributed by atoms with Crippen molar-refractivity contribution >= 4 is 19.2 Å². The van der Waals surface area contributed by atoms with E-state index in [4.69, 9.17) is 19.8 Å². The number of benzene rings is 1. The maximum atomic E-state index is 12.4. The van der Waals surface area contributed by atoms with Crippen LogP contribution in [0.15, 0.2) is 30.3 Å². The number of nitrogens with two attached hydrogens (primary N) is 1. The molecule has 0 bridgehead atoms. The SMILES string of the molecule is CC(C)(C)OC(=O)CC(CCCB1OC(C)(C)C(C)(C)O1)CN1CCCCC1.NC(=O)OCc1ccccc1. The smallest absolute Gasteiger partial charge is 0.457 e. The predicted molar refractivity (Wildman–Crippen MR) is 155 cm³/mol. The van der Waals surface area contributed by atoms with E-state index < -0.39 is 11.7 Å². The van der Waals surface area contributed by atoms with Crippen LogP contribution in [0.3, 0.4) is 0 Å². The molecule has 8 nitrogen and oxygen atoms in total. The average Bonchev–Trinajstić information content (AvgIpc) is 3.04. The fourth-order valence-corrected chi connectivity index (χ4v) is 4.77. The highest BCUT2D eigenvalue weighted by Gasteiger charge is 2.50. The summed E-state index contributed by atoms with van der Waals surface area (Å²) >= 11 is 0. The number of nitrogens with zero attached hydrogens (tertiary/aromatic N) is 1. The van der Waals surface area contributed by atoms with Crippen molar-refractivity contribution < 1.29 is 28.4 Å². The molecule has 2 heterocycles. The normalized spacial score (nSPS) is 19.5. The molecule has 2 saturated heterocycles. The van der Waals surface area contributed by atoms with Crippen molar-refractivity contribution in [3.8, 4) is 0 Å². The van der Waals surface area contributed by atoms with Gasteiger partial charge in [0.1, 0.15) is 12.2 Å². The topological polar surface area (TPSA) is 100 Å². The standard InChI is InChI=1S/C22H42BNO4.C8H9NO2/c1-20(2,3)26-19(25)16-18(17-24-14-9-8-10-15-24)12-11-13-23-27-21(4,5)22(6,7)28-23;9-8(10)11-6-7-4-2-1-3-5-7/h18H,8-17H2,1-7H3;1-5H,6H2,(H2,9,10). The van der Waals surface area contributed by atoms with E-state index in [1.54, 1.807) is 0 Å². The maximum Gasteiger partial charge on any atom is 0.457 e. The second kappa shape index (κ2) is 15.1. The fourth-order valence-electron chi connectivity index (χ4n) is 4.77. The molecule has 2 aliphatic heterocycles. The molecule has 0 saturated carbocycles. The van der Waals surface area contributed by atoms with Crippen LogP contribution in [0.25, 0.3) is 0 Å². The number of carbonyl (C=O) groups is 2. The first-order valence-corrected chi connectivity index (χ1v) is 14.4. The quantitative estimate of drug-likeness (QED) is 0.285. The van der Waals surface area contributed by atoms with E-state index in [-0.39, 0.29) is 30.9 Å². The summed E-state index contributed by atoms with van der Waals surface area (Å²) in [5.74, 6) is 0.250. The first-order valence-electron chi connectivity index (χ1n) is 14.4. The third kappa shape index (κ3) is 12.7. The Balaban J connectivity index is 0.000000404. The van der Waals surface area contributed by atoms with E-state index in [2.05, 4.69) is 37.3 Å². The van der Waals surface area contributed by atoms with Gasteiger partial charge in [-0.1, -0.05) is 43.2 Å². The first kappa shape index (κ1) is 33.1. The van der Waals surface area contributed by atoms with Crippen molar-refractivity contribution in [3.05, 3.63) is 35.9 Å². The van der Waals surface area contributed by atoms with Crippen LogP contribution in [-0.4, -0.2) is 60.5 Å². The maximum absolute atomic E-state index is 12.4. The number of likely N-dealkylation sites (tertiary alicyclic amines) is 1. The molecule has 2 aliphatic rings. The number of primary amides is 1. The minimum atomic E-state index is -0.742. The number of amides is 1. The van der Waals surface area contributed by atoms with Gasteiger partial charge in [0.25, 0.3) is 0 Å². The monoisotopic (exact) mass is 546 g/mol. The highest BCUT2D eigenvalue weighted by atomic mass is 16.7. The van der Waals surface area contributed by atoms with Gasteiger partial charge in [-0.25, -0.2) is 4.79 Å². The van der Waals surface area contributed by atoms with Gasteiger partial charge < -0.3 is 29.4 Å². The van der Waals surface area contributed by atoms with Crippen LogP contribution in [-0.2, 0) is 30.2 Å². The molecule has 1 amide bonds. The summed E-state index contributed by atoms with van der Waals surface area (Å²) in [4.78, 5) is 25.1. The van der Waals surface area contributed by atoms with Crippen LogP contribution in [0.1, 0.15) is 92.6 Å². The van der Waals surface area contributed by atoms with Crippen LogP contribution < -0.4 is 5.73 Å². The lowest BCUT2D eigenvalue weighted by molar-refractivity contribution is -0.156. The molecule has 2 fully saturated rings. The highest BCUT2D eigenvalue weighted by Crippen LogP contribution is 2.38. The zero-order valence-electron chi connectivity index (χ0n) is 25.3. The highest BCUT2D eigenvalue weighted by molar-refractivity contribution is 6.45. The molecule has 220 valence electrons. The number of hydrogen-bond donors (Lipinski definition) is 1. The van der Waals surface area contributed by atoms with E-state index in [1.165, 1.54) is 19.3 Å². The molecule has 0 aliphatic carbocycles. The largest absolute Gasteiger partial charge is 0.460 e. The molecule has 0 aromatic heterocycles. The van der Waals surface area contributed by atoms with Gasteiger partial charge in [0.05, 0.1) is 11.2 Å². The van der Waals surface area contributed by atoms with Crippen molar-refractivity contribution in [2.24, 2.45) is 11.7 Å². The second-order valence-corrected chi connectivity index (χ2v) is 12.7. The van der Waals surface area contributed by atoms with Crippen LogP contribution in [0.5, 0.6) is 0 Å². The minimum Gasteiger partial charge on any atom is -0.460 e. The Hall–Kier alpha value is -2.10. The Labute approximate surface area is 236 Å². The Morgan fingerprint density at radius 3 is 2.15 bits per heavy atom. The van der Waals surface area contributed by atoms with Crippen molar-refractivity contribution in [2.45, 2.75) is 117 Å². The van der Waals surface area contributed by atoms with E-state index in [0.29, 0.717) is 12.3 Å². The third-order valence-corrected chi connectivity index (χ3v) is 7.42. The summed E-state index contributed by atoms with van der Waals surface area (Å²) in [6.07, 6.45) is 6.50. The van der Waals surface area contributed by atoms with Gasteiger partial charge in [-0.2, -0.15) is 0 Å². The molecule has 39 heavy (non-hydrogen) atoms. The average molecular weight is 547 g/mol. The van der Waals surface area contributed by atoms with Gasteiger partial charge in [0, 0.05) is 13.0 Å². The lowest BCUT2D eigenvalue weighted by Crippen LogP contribution is -2.41. The van der Waals surface area contributed by atoms with Crippen LogP contribution in [0.4, 0.5) is 4.79 Å². The van der Waals surface area contributed by atoms with Gasteiger partial charge in [-0.3, -0.25) is 4.79 Å². The van der Waals surface area contributed by atoms with E-state index in [9.17, 15) is 9.59 Å². The Bertz CT molecular complexity index is 865. The molecule has 3 rings (SSSR count). The van der Waals surface area contributed by atoms with Crippen LogP contribution in [0.2, 0.25) is 6.32 Å². The van der Waals surface area contributed by atoms with E-state index in [0.717, 1.165) is 44.4 Å². The predicted octanol–water partition coefficient (Wildman–Crippen LogP) is 5.97. The van der Waals surface area contributed by atoms with Crippen LogP contribution in [0, 0.1) is 5.92 Å². The fraction of sp³-hybridized carbons (Fsp3) is 0.733. The third-order valence-electron chi connectivity index (χ3n) is 7.42. The van der Waals surface area contributed by atoms with Crippen molar-refractivity contribution in [1.82, 2.24) is 4.90 Å². The van der Waals surface area contributed by atoms with Crippen molar-refractivity contribution in [1.29, 1.82) is 0 Å². The van der Waals surface area contributed by atoms with Gasteiger partial charge in [0.2, 0.25) is 0 Å². The Kier molecular flexibility index (Phi) is 12.8. The molecule has 2 N–H and O–H groups in total. The lowest BCUT2D eigenvalue weighted by Gasteiger charge is -2.32. The van der Waals surface area contributed by atoms with Gasteiger partial charge >= 0.3 is 19.2 Å². The summed E-state index contributed by atoms with van der Waals surface area (Å²) in [7, 11) is -0.151. The molecule has 0 spiro atoms. The first-order chi connectivity index (χ1) is 18.2. The van der Waals surface area contributed by atoms with Crippen molar-refractivity contribution in [3.63, 3.8) is 0 Å². The summed E-state index contributed by atoms with van der Waals surface area (Å²) in [5, 5.41) is 0. The van der Waals surface area contributed by atoms with Gasteiger partial charge in [-0.15, -0.1) is 0 Å². The molecule has 1 aromatic rings. The zero-order valence-corrected chi connectivity index (χ0v) is 25.3. The Morgan fingerprint density at radius 1 is 1.03 bits per heavy atom. The summed E-state index contributed by atoms with van der Waals surface area (Å²) in [5.41, 5.74) is 4.74.